The third kappa shape index (κ3) is 5.94. The summed E-state index contributed by atoms with van der Waals surface area (Å²) in [6.45, 7) is 4.47. The fourth-order valence-electron chi connectivity index (χ4n) is 2.69. The van der Waals surface area contributed by atoms with Crippen molar-refractivity contribution < 1.29 is 9.13 Å². The molecule has 0 aliphatic heterocycles. The van der Waals surface area contributed by atoms with Gasteiger partial charge in [-0.3, -0.25) is 0 Å². The highest BCUT2D eigenvalue weighted by Crippen LogP contribution is 2.24. The highest BCUT2D eigenvalue weighted by Gasteiger charge is 2.11. The Morgan fingerprint density at radius 3 is 2.35 bits per heavy atom. The topological polar surface area (TPSA) is 9.23 Å². The molecule has 0 N–H and O–H groups in total. The molecular weight excluding hydrogens is 251 g/mol. The molecule has 1 aromatic carbocycles. The third-order valence-electron chi connectivity index (χ3n) is 3.92. The molecule has 0 spiro atoms. The molecule has 0 aromatic heterocycles. The van der Waals surface area contributed by atoms with E-state index in [4.69, 9.17) is 4.74 Å². The maximum Gasteiger partial charge on any atom is 0.165 e. The van der Waals surface area contributed by atoms with Crippen LogP contribution in [0.15, 0.2) is 18.2 Å². The van der Waals surface area contributed by atoms with E-state index in [2.05, 4.69) is 13.8 Å². The van der Waals surface area contributed by atoms with Gasteiger partial charge >= 0.3 is 0 Å². The minimum Gasteiger partial charge on any atom is -0.494 e. The van der Waals surface area contributed by atoms with E-state index in [0.717, 1.165) is 12.0 Å². The average Bonchev–Trinajstić information content (AvgIpc) is 2.45. The van der Waals surface area contributed by atoms with Crippen molar-refractivity contribution in [3.8, 4) is 5.75 Å². The lowest BCUT2D eigenvalue weighted by Gasteiger charge is -2.17. The minimum atomic E-state index is -0.243. The quantitative estimate of drug-likeness (QED) is 0.495. The Kier molecular flexibility index (Phi) is 8.32. The summed E-state index contributed by atoms with van der Waals surface area (Å²) in [5.74, 6) is 0.784. The van der Waals surface area contributed by atoms with Crippen LogP contribution in [0.5, 0.6) is 5.75 Å². The number of hydrogen-bond donors (Lipinski definition) is 0. The first-order chi connectivity index (χ1) is 9.71. The molecule has 0 saturated heterocycles. The molecule has 1 rings (SSSR count). The van der Waals surface area contributed by atoms with Gasteiger partial charge in [0, 0.05) is 0 Å². The molecule has 0 amide bonds. The molecule has 1 unspecified atom stereocenters. The highest BCUT2D eigenvalue weighted by molar-refractivity contribution is 5.29. The molecule has 0 bridgehead atoms. The van der Waals surface area contributed by atoms with Gasteiger partial charge in [-0.15, -0.1) is 0 Å². The van der Waals surface area contributed by atoms with Crippen LogP contribution < -0.4 is 4.74 Å². The molecule has 1 aromatic rings. The third-order valence-corrected chi connectivity index (χ3v) is 3.92. The Hall–Kier alpha value is -1.05. The molecule has 0 saturated carbocycles. The molecule has 1 atom stereocenters. The fourth-order valence-corrected chi connectivity index (χ4v) is 2.69. The van der Waals surface area contributed by atoms with Crippen LogP contribution in [0.3, 0.4) is 0 Å². The molecule has 0 aliphatic rings. The van der Waals surface area contributed by atoms with E-state index in [1.54, 1.807) is 12.1 Å². The summed E-state index contributed by atoms with van der Waals surface area (Å²) in [7, 11) is 1.51. The van der Waals surface area contributed by atoms with E-state index in [1.165, 1.54) is 52.1 Å². The fraction of sp³-hybridized carbons (Fsp3) is 0.667. The summed E-state index contributed by atoms with van der Waals surface area (Å²) >= 11 is 0. The van der Waals surface area contributed by atoms with E-state index in [-0.39, 0.29) is 5.82 Å². The molecular formula is C18H29FO. The number of rotatable bonds is 10. The second kappa shape index (κ2) is 9.79. The summed E-state index contributed by atoms with van der Waals surface area (Å²) in [4.78, 5) is 0. The first kappa shape index (κ1) is 17.0. The zero-order valence-electron chi connectivity index (χ0n) is 13.3. The second-order valence-electron chi connectivity index (χ2n) is 5.68. The first-order valence-corrected chi connectivity index (χ1v) is 8.03. The van der Waals surface area contributed by atoms with Crippen LogP contribution in [0, 0.1) is 11.7 Å². The summed E-state index contributed by atoms with van der Waals surface area (Å²) < 4.78 is 18.7. The Morgan fingerprint density at radius 1 is 1.05 bits per heavy atom. The molecule has 2 heteroatoms. The Labute approximate surface area is 123 Å². The number of unbranched alkanes of at least 4 members (excludes halogenated alkanes) is 3. The van der Waals surface area contributed by atoms with Crippen molar-refractivity contribution in [2.24, 2.45) is 5.92 Å². The van der Waals surface area contributed by atoms with Gasteiger partial charge in [0.05, 0.1) is 7.11 Å². The van der Waals surface area contributed by atoms with Crippen molar-refractivity contribution in [2.45, 2.75) is 65.2 Å². The number of ether oxygens (including phenoxy) is 1. The van der Waals surface area contributed by atoms with E-state index >= 15 is 0 Å². The van der Waals surface area contributed by atoms with Crippen molar-refractivity contribution in [3.63, 3.8) is 0 Å². The van der Waals surface area contributed by atoms with Gasteiger partial charge in [-0.2, -0.15) is 0 Å². The largest absolute Gasteiger partial charge is 0.494 e. The molecule has 0 aliphatic carbocycles. The molecule has 20 heavy (non-hydrogen) atoms. The van der Waals surface area contributed by atoms with Crippen molar-refractivity contribution >= 4 is 0 Å². The maximum atomic E-state index is 13.7. The number of halogens is 1. The number of methoxy groups -OCH3 is 1. The lowest BCUT2D eigenvalue weighted by atomic mass is 9.89. The molecule has 0 fully saturated rings. The van der Waals surface area contributed by atoms with Gasteiger partial charge in [-0.05, 0) is 30.0 Å². The van der Waals surface area contributed by atoms with Crippen LogP contribution >= 0.6 is 0 Å². The van der Waals surface area contributed by atoms with E-state index in [0.29, 0.717) is 11.7 Å². The van der Waals surface area contributed by atoms with Crippen LogP contribution in [0.4, 0.5) is 4.39 Å². The summed E-state index contributed by atoms with van der Waals surface area (Å²) in [6, 6.07) is 5.38. The smallest absolute Gasteiger partial charge is 0.165 e. The molecule has 114 valence electrons. The Bertz CT molecular complexity index is 376. The van der Waals surface area contributed by atoms with E-state index in [1.807, 2.05) is 6.07 Å². The lowest BCUT2D eigenvalue weighted by molar-refractivity contribution is 0.384. The standard InChI is InChI=1S/C18H29FO/c1-4-6-8-10-15(9-7-5-2)13-16-11-12-18(20-3)17(19)14-16/h11-12,14-15H,4-10,13H2,1-3H3. The van der Waals surface area contributed by atoms with Gasteiger partial charge in [-0.25, -0.2) is 4.39 Å². The maximum absolute atomic E-state index is 13.7. The summed E-state index contributed by atoms with van der Waals surface area (Å²) in [5.41, 5.74) is 1.10. The normalized spacial score (nSPS) is 12.4. The lowest BCUT2D eigenvalue weighted by Crippen LogP contribution is -2.05. The average molecular weight is 280 g/mol. The van der Waals surface area contributed by atoms with E-state index < -0.39 is 0 Å². The van der Waals surface area contributed by atoms with Gasteiger partial charge in [0.1, 0.15) is 0 Å². The Morgan fingerprint density at radius 2 is 1.75 bits per heavy atom. The van der Waals surface area contributed by atoms with Gasteiger partial charge in [0.2, 0.25) is 0 Å². The minimum absolute atomic E-state index is 0.243. The van der Waals surface area contributed by atoms with Crippen LogP contribution in [0.25, 0.3) is 0 Å². The van der Waals surface area contributed by atoms with Gasteiger partial charge < -0.3 is 4.74 Å². The van der Waals surface area contributed by atoms with Gasteiger partial charge in [-0.1, -0.05) is 64.9 Å². The van der Waals surface area contributed by atoms with Crippen LogP contribution in [0.2, 0.25) is 0 Å². The first-order valence-electron chi connectivity index (χ1n) is 8.03. The van der Waals surface area contributed by atoms with Crippen molar-refractivity contribution in [2.75, 3.05) is 7.11 Å². The molecule has 0 heterocycles. The number of hydrogen-bond acceptors (Lipinski definition) is 1. The monoisotopic (exact) mass is 280 g/mol. The zero-order valence-corrected chi connectivity index (χ0v) is 13.3. The summed E-state index contributed by atoms with van der Waals surface area (Å²) in [5, 5.41) is 0. The summed E-state index contributed by atoms with van der Waals surface area (Å²) in [6.07, 6.45) is 9.89. The zero-order chi connectivity index (χ0) is 14.8. The van der Waals surface area contributed by atoms with Gasteiger partial charge in [0.15, 0.2) is 11.6 Å². The van der Waals surface area contributed by atoms with Gasteiger partial charge in [0.25, 0.3) is 0 Å². The number of benzene rings is 1. The van der Waals surface area contributed by atoms with Crippen LogP contribution in [-0.2, 0) is 6.42 Å². The van der Waals surface area contributed by atoms with Crippen molar-refractivity contribution in [1.29, 1.82) is 0 Å². The predicted molar refractivity (Wildman–Crippen MR) is 83.8 cm³/mol. The van der Waals surface area contributed by atoms with E-state index in [9.17, 15) is 4.39 Å². The highest BCUT2D eigenvalue weighted by atomic mass is 19.1. The second-order valence-corrected chi connectivity index (χ2v) is 5.68. The molecule has 1 nitrogen and oxygen atoms in total. The van der Waals surface area contributed by atoms with Crippen molar-refractivity contribution in [3.05, 3.63) is 29.6 Å². The van der Waals surface area contributed by atoms with Crippen molar-refractivity contribution in [1.82, 2.24) is 0 Å². The van der Waals surface area contributed by atoms with Crippen LogP contribution in [-0.4, -0.2) is 7.11 Å². The predicted octanol–water partition coefficient (Wildman–Crippen LogP) is 5.76. The SMILES string of the molecule is CCCCCC(CCCC)Cc1ccc(OC)c(F)c1. The Balaban J connectivity index is 2.60. The van der Waals surface area contributed by atoms with Crippen LogP contribution in [0.1, 0.15) is 64.4 Å². The molecule has 0 radical (unpaired) electrons.